The van der Waals surface area contributed by atoms with E-state index in [0.717, 1.165) is 97.3 Å². The van der Waals surface area contributed by atoms with E-state index in [9.17, 15) is 14.4 Å². The fraction of sp³-hybridized carbons (Fsp3) is 0.385. The zero-order valence-corrected chi connectivity index (χ0v) is 31.9. The second kappa shape index (κ2) is 18.5. The van der Waals surface area contributed by atoms with Gasteiger partial charge in [-0.15, -0.1) is 0 Å². The molecular formula is C39H48N6O6S2. The molecule has 0 radical (unpaired) electrons. The van der Waals surface area contributed by atoms with Gasteiger partial charge in [-0.3, -0.25) is 9.59 Å². The molecule has 4 heterocycles. The van der Waals surface area contributed by atoms with Crippen molar-refractivity contribution in [1.29, 1.82) is 0 Å². The maximum atomic E-state index is 13.7. The second-order valence-electron chi connectivity index (χ2n) is 13.1. The summed E-state index contributed by atoms with van der Waals surface area (Å²) >= 11 is 0. The lowest BCUT2D eigenvalue weighted by molar-refractivity contribution is -0.134. The number of aromatic nitrogens is 2. The molecule has 1 aromatic heterocycles. The highest BCUT2D eigenvalue weighted by Crippen LogP contribution is 2.35. The molecule has 2 bridgehead atoms. The number of ether oxygens (including phenoxy) is 3. The van der Waals surface area contributed by atoms with Gasteiger partial charge in [-0.05, 0) is 79.6 Å². The number of alkyl carbamates (subject to hydrolysis) is 1. The number of methoxy groups -OCH3 is 1. The van der Waals surface area contributed by atoms with Crippen LogP contribution < -0.4 is 15.5 Å². The third-order valence-electron chi connectivity index (χ3n) is 9.84. The van der Waals surface area contributed by atoms with E-state index < -0.39 is 12.1 Å². The van der Waals surface area contributed by atoms with Crippen LogP contribution in [0.2, 0.25) is 0 Å². The third-order valence-corrected chi connectivity index (χ3v) is 9.84. The predicted octanol–water partition coefficient (Wildman–Crippen LogP) is 6.15. The molecule has 7 rings (SSSR count). The SMILES string of the molecule is COC(=O)N[C@H]1CCCCOCc2[nH]c(nc2-c2ccc(-c3ccc(C(=O)Nc4ccc(N5CCOCC5)cc4)cc3)cc2)[C@@H]2CCCN2C1=O.S.S. The number of aromatic amines is 1. The first-order chi connectivity index (χ1) is 25.0. The van der Waals surface area contributed by atoms with Crippen molar-refractivity contribution >= 4 is 56.3 Å². The molecule has 3 aliphatic heterocycles. The van der Waals surface area contributed by atoms with Crippen LogP contribution in [0.25, 0.3) is 22.4 Å². The van der Waals surface area contributed by atoms with Crippen LogP contribution in [0.3, 0.4) is 0 Å². The van der Waals surface area contributed by atoms with Crippen molar-refractivity contribution in [1.82, 2.24) is 20.2 Å². The molecule has 282 valence electrons. The van der Waals surface area contributed by atoms with Crippen LogP contribution in [0.5, 0.6) is 0 Å². The number of benzene rings is 3. The Morgan fingerprint density at radius 3 is 2.19 bits per heavy atom. The van der Waals surface area contributed by atoms with Gasteiger partial charge in [-0.25, -0.2) is 9.78 Å². The average molecular weight is 761 g/mol. The van der Waals surface area contributed by atoms with Crippen LogP contribution in [0.4, 0.5) is 16.2 Å². The largest absolute Gasteiger partial charge is 0.453 e. The Balaban J connectivity index is 0.00000271. The van der Waals surface area contributed by atoms with Crippen molar-refractivity contribution in [3.8, 4) is 22.4 Å². The summed E-state index contributed by atoms with van der Waals surface area (Å²) in [5.74, 6) is 0.439. The van der Waals surface area contributed by atoms with Crippen LogP contribution in [-0.2, 0) is 25.6 Å². The molecule has 2 fully saturated rings. The number of hydrogen-bond acceptors (Lipinski definition) is 8. The fourth-order valence-corrected chi connectivity index (χ4v) is 7.05. The minimum atomic E-state index is -0.665. The van der Waals surface area contributed by atoms with E-state index in [0.29, 0.717) is 31.7 Å². The third kappa shape index (κ3) is 9.36. The van der Waals surface area contributed by atoms with Gasteiger partial charge in [-0.1, -0.05) is 36.4 Å². The van der Waals surface area contributed by atoms with Crippen molar-refractivity contribution in [2.24, 2.45) is 0 Å². The van der Waals surface area contributed by atoms with Crippen LogP contribution in [0.15, 0.2) is 72.8 Å². The van der Waals surface area contributed by atoms with Gasteiger partial charge in [0.05, 0.1) is 44.4 Å². The summed E-state index contributed by atoms with van der Waals surface area (Å²) in [5, 5.41) is 5.74. The highest BCUT2D eigenvalue weighted by Gasteiger charge is 2.37. The van der Waals surface area contributed by atoms with E-state index in [-0.39, 0.29) is 44.8 Å². The van der Waals surface area contributed by atoms with Crippen molar-refractivity contribution in [2.75, 3.05) is 56.8 Å². The highest BCUT2D eigenvalue weighted by molar-refractivity contribution is 7.59. The smallest absolute Gasteiger partial charge is 0.407 e. The van der Waals surface area contributed by atoms with Crippen LogP contribution in [0, 0.1) is 0 Å². The number of imidazole rings is 1. The molecule has 12 nitrogen and oxygen atoms in total. The molecular weight excluding hydrogens is 713 g/mol. The predicted molar refractivity (Wildman–Crippen MR) is 214 cm³/mol. The highest BCUT2D eigenvalue weighted by atomic mass is 32.1. The number of hydrogen-bond donors (Lipinski definition) is 3. The van der Waals surface area contributed by atoms with Gasteiger partial charge in [0.2, 0.25) is 5.91 Å². The number of anilines is 2. The molecule has 0 aliphatic carbocycles. The molecule has 3 aliphatic rings. The molecule has 0 saturated carbocycles. The molecule has 53 heavy (non-hydrogen) atoms. The summed E-state index contributed by atoms with van der Waals surface area (Å²) in [5.41, 5.74) is 7.04. The lowest BCUT2D eigenvalue weighted by Gasteiger charge is -2.28. The number of morpholine rings is 1. The first-order valence-electron chi connectivity index (χ1n) is 17.7. The lowest BCUT2D eigenvalue weighted by atomic mass is 10.0. The molecule has 2 atom stereocenters. The number of amides is 3. The van der Waals surface area contributed by atoms with Gasteiger partial charge in [0.15, 0.2) is 0 Å². The van der Waals surface area contributed by atoms with Gasteiger partial charge in [0, 0.05) is 48.7 Å². The zero-order chi connectivity index (χ0) is 35.2. The van der Waals surface area contributed by atoms with E-state index in [1.165, 1.54) is 7.11 Å². The normalized spacial score (nSPS) is 18.9. The molecule has 3 aromatic carbocycles. The Morgan fingerprint density at radius 2 is 1.49 bits per heavy atom. The zero-order valence-electron chi connectivity index (χ0n) is 29.9. The van der Waals surface area contributed by atoms with Crippen molar-refractivity contribution in [2.45, 2.75) is 50.8 Å². The van der Waals surface area contributed by atoms with Crippen LogP contribution >= 0.6 is 27.0 Å². The van der Waals surface area contributed by atoms with Crippen molar-refractivity contribution in [3.63, 3.8) is 0 Å². The lowest BCUT2D eigenvalue weighted by Crippen LogP contribution is -2.48. The summed E-state index contributed by atoms with van der Waals surface area (Å²) in [6, 6.07) is 22.8. The van der Waals surface area contributed by atoms with E-state index in [4.69, 9.17) is 19.2 Å². The number of fused-ring (bicyclic) bond motifs is 4. The number of carbonyl (C=O) groups excluding carboxylic acids is 3. The first-order valence-corrected chi connectivity index (χ1v) is 17.7. The Kier molecular flexibility index (Phi) is 13.9. The van der Waals surface area contributed by atoms with E-state index in [1.807, 2.05) is 77.7 Å². The van der Waals surface area contributed by atoms with E-state index >= 15 is 0 Å². The summed E-state index contributed by atoms with van der Waals surface area (Å²) in [4.78, 5) is 51.4. The van der Waals surface area contributed by atoms with Crippen LogP contribution in [0.1, 0.15) is 60.0 Å². The minimum absolute atomic E-state index is 0. The van der Waals surface area contributed by atoms with E-state index in [2.05, 4.69) is 20.5 Å². The Morgan fingerprint density at radius 1 is 0.811 bits per heavy atom. The number of carbonyl (C=O) groups is 3. The standard InChI is InChI=1S/C39H44N6O6.2H2S/c1-49-39(48)42-32-5-2-3-22-51-25-33-35(43-36(41-33)34-6-4-19-45(34)38(32)47)28-11-7-26(8-12-28)27-9-13-29(14-10-27)37(46)40-30-15-17-31(18-16-30)44-20-23-50-24-21-44;;/h7-18,32,34H,2-6,19-25H2,1H3,(H,40,46)(H,41,43)(H,42,48);2*1H2/t32-,34-;;/m0../s1. The number of rotatable bonds is 6. The second-order valence-corrected chi connectivity index (χ2v) is 13.1. The quantitative estimate of drug-likeness (QED) is 0.213. The van der Waals surface area contributed by atoms with Gasteiger partial charge in [0.25, 0.3) is 5.91 Å². The maximum absolute atomic E-state index is 13.7. The summed E-state index contributed by atoms with van der Waals surface area (Å²) in [7, 11) is 1.30. The summed E-state index contributed by atoms with van der Waals surface area (Å²) in [6.45, 7) is 4.68. The number of nitrogens with one attached hydrogen (secondary N) is 3. The van der Waals surface area contributed by atoms with Crippen molar-refractivity contribution < 1.29 is 28.6 Å². The average Bonchev–Trinajstić information content (AvgIpc) is 3.84. The maximum Gasteiger partial charge on any atom is 0.407 e. The van der Waals surface area contributed by atoms with Crippen molar-refractivity contribution in [3.05, 3.63) is 89.9 Å². The minimum Gasteiger partial charge on any atom is -0.453 e. The molecule has 3 amide bonds. The molecule has 0 spiro atoms. The Bertz CT molecular complexity index is 1830. The topological polar surface area (TPSA) is 138 Å². The molecule has 2 saturated heterocycles. The molecule has 0 unspecified atom stereocenters. The number of nitrogens with zero attached hydrogens (tertiary/aromatic N) is 3. The molecule has 4 aromatic rings. The Hall–Kier alpha value is -4.50. The van der Waals surface area contributed by atoms with Gasteiger partial charge in [0.1, 0.15) is 11.9 Å². The summed E-state index contributed by atoms with van der Waals surface area (Å²) < 4.78 is 16.3. The Labute approximate surface area is 323 Å². The van der Waals surface area contributed by atoms with Gasteiger partial charge >= 0.3 is 6.09 Å². The van der Waals surface area contributed by atoms with Gasteiger partial charge in [-0.2, -0.15) is 27.0 Å². The van der Waals surface area contributed by atoms with E-state index in [1.54, 1.807) is 0 Å². The first kappa shape index (κ1) is 39.7. The van der Waals surface area contributed by atoms with Gasteiger partial charge < -0.3 is 39.6 Å². The fourth-order valence-electron chi connectivity index (χ4n) is 7.05. The molecule has 3 N–H and O–H groups in total. The van der Waals surface area contributed by atoms with Crippen LogP contribution in [-0.4, -0.2) is 85.4 Å². The number of H-pyrrole nitrogens is 1. The monoisotopic (exact) mass is 760 g/mol. The summed E-state index contributed by atoms with van der Waals surface area (Å²) in [6.07, 6.45) is 3.01. The molecule has 14 heteroatoms.